The SMILES string of the molecule is CC(C)CC(CN)NC(=O)c1cc(-c2ccccc2)n[nH]1.Cl. The van der Waals surface area contributed by atoms with Crippen molar-refractivity contribution in [2.45, 2.75) is 26.3 Å². The molecule has 1 heterocycles. The van der Waals surface area contributed by atoms with E-state index < -0.39 is 0 Å². The van der Waals surface area contributed by atoms with Gasteiger partial charge in [0.2, 0.25) is 0 Å². The van der Waals surface area contributed by atoms with E-state index in [1.165, 1.54) is 0 Å². The Morgan fingerprint density at radius 1 is 1.32 bits per heavy atom. The molecule has 5 nitrogen and oxygen atoms in total. The van der Waals surface area contributed by atoms with Gasteiger partial charge in [0.15, 0.2) is 0 Å². The van der Waals surface area contributed by atoms with Crippen molar-refractivity contribution >= 4 is 18.3 Å². The van der Waals surface area contributed by atoms with Crippen LogP contribution in [0.15, 0.2) is 36.4 Å². The minimum atomic E-state index is -0.166. The van der Waals surface area contributed by atoms with Gasteiger partial charge in [-0.05, 0) is 18.4 Å². The smallest absolute Gasteiger partial charge is 0.269 e. The Balaban J connectivity index is 0.00000242. The van der Waals surface area contributed by atoms with Gasteiger partial charge in [0.25, 0.3) is 5.91 Å². The van der Waals surface area contributed by atoms with Crippen molar-refractivity contribution in [3.63, 3.8) is 0 Å². The van der Waals surface area contributed by atoms with Gasteiger partial charge in [0.05, 0.1) is 5.69 Å². The summed E-state index contributed by atoms with van der Waals surface area (Å²) in [5.74, 6) is 0.321. The second-order valence-corrected chi connectivity index (χ2v) is 5.57. The summed E-state index contributed by atoms with van der Waals surface area (Å²) in [4.78, 5) is 12.2. The van der Waals surface area contributed by atoms with Crippen LogP contribution in [0.25, 0.3) is 11.3 Å². The summed E-state index contributed by atoms with van der Waals surface area (Å²) < 4.78 is 0. The number of nitrogens with one attached hydrogen (secondary N) is 2. The number of hydrogen-bond acceptors (Lipinski definition) is 3. The molecule has 1 aromatic heterocycles. The van der Waals surface area contributed by atoms with Gasteiger partial charge in [-0.1, -0.05) is 44.2 Å². The molecule has 2 rings (SSSR count). The van der Waals surface area contributed by atoms with Crippen molar-refractivity contribution in [2.75, 3.05) is 6.54 Å². The highest BCUT2D eigenvalue weighted by atomic mass is 35.5. The van der Waals surface area contributed by atoms with Crippen LogP contribution in [0, 0.1) is 5.92 Å². The van der Waals surface area contributed by atoms with Crippen LogP contribution in [-0.4, -0.2) is 28.7 Å². The molecule has 0 radical (unpaired) electrons. The number of amides is 1. The number of aromatic nitrogens is 2. The number of H-pyrrole nitrogens is 1. The van der Waals surface area contributed by atoms with Crippen LogP contribution in [0.3, 0.4) is 0 Å². The van der Waals surface area contributed by atoms with E-state index in [0.717, 1.165) is 17.7 Å². The van der Waals surface area contributed by atoms with Crippen LogP contribution in [0.2, 0.25) is 0 Å². The standard InChI is InChI=1S/C16H22N4O.ClH/c1-11(2)8-13(10-17)18-16(21)15-9-14(19-20-15)12-6-4-3-5-7-12;/h3-7,9,11,13H,8,10,17H2,1-2H3,(H,18,21)(H,19,20);1H. The predicted molar refractivity (Wildman–Crippen MR) is 91.0 cm³/mol. The number of rotatable bonds is 6. The molecule has 0 aliphatic carbocycles. The van der Waals surface area contributed by atoms with E-state index in [0.29, 0.717) is 18.2 Å². The van der Waals surface area contributed by atoms with Crippen LogP contribution in [0.1, 0.15) is 30.8 Å². The highest BCUT2D eigenvalue weighted by molar-refractivity contribution is 5.93. The lowest BCUT2D eigenvalue weighted by molar-refractivity contribution is 0.0928. The minimum absolute atomic E-state index is 0. The number of nitrogens with two attached hydrogens (primary N) is 1. The van der Waals surface area contributed by atoms with Crippen molar-refractivity contribution in [3.8, 4) is 11.3 Å². The average molecular weight is 323 g/mol. The second kappa shape index (κ2) is 8.56. The Morgan fingerprint density at radius 3 is 2.59 bits per heavy atom. The van der Waals surface area contributed by atoms with Crippen LogP contribution in [0.4, 0.5) is 0 Å². The first-order valence-corrected chi connectivity index (χ1v) is 7.22. The van der Waals surface area contributed by atoms with E-state index >= 15 is 0 Å². The molecular formula is C16H23ClN4O. The summed E-state index contributed by atoms with van der Waals surface area (Å²) in [6, 6.07) is 11.5. The fraction of sp³-hybridized carbons (Fsp3) is 0.375. The molecule has 0 spiro atoms. The number of nitrogens with zero attached hydrogens (tertiary/aromatic N) is 1. The first kappa shape index (κ1) is 18.2. The summed E-state index contributed by atoms with van der Waals surface area (Å²) in [7, 11) is 0. The molecule has 1 unspecified atom stereocenters. The fourth-order valence-corrected chi connectivity index (χ4v) is 2.24. The van der Waals surface area contributed by atoms with Crippen molar-refractivity contribution in [1.82, 2.24) is 15.5 Å². The molecule has 22 heavy (non-hydrogen) atoms. The lowest BCUT2D eigenvalue weighted by Gasteiger charge is -2.18. The molecule has 120 valence electrons. The topological polar surface area (TPSA) is 83.8 Å². The zero-order valence-electron chi connectivity index (χ0n) is 12.9. The Hall–Kier alpha value is -1.85. The van der Waals surface area contributed by atoms with Gasteiger partial charge in [0, 0.05) is 18.2 Å². The highest BCUT2D eigenvalue weighted by Crippen LogP contribution is 2.17. The van der Waals surface area contributed by atoms with Crippen molar-refractivity contribution in [3.05, 3.63) is 42.1 Å². The molecule has 0 aliphatic heterocycles. The molecule has 1 amide bonds. The van der Waals surface area contributed by atoms with E-state index in [1.807, 2.05) is 30.3 Å². The van der Waals surface area contributed by atoms with Crippen LogP contribution >= 0.6 is 12.4 Å². The van der Waals surface area contributed by atoms with Crippen molar-refractivity contribution in [1.29, 1.82) is 0 Å². The first-order chi connectivity index (χ1) is 10.1. The van der Waals surface area contributed by atoms with E-state index in [-0.39, 0.29) is 24.4 Å². The number of halogens is 1. The number of carbonyl (C=O) groups excluding carboxylic acids is 1. The Kier molecular flexibility index (Phi) is 7.08. The number of hydrogen-bond donors (Lipinski definition) is 3. The van der Waals surface area contributed by atoms with Gasteiger partial charge >= 0.3 is 0 Å². The molecule has 0 bridgehead atoms. The maximum Gasteiger partial charge on any atom is 0.269 e. The first-order valence-electron chi connectivity index (χ1n) is 7.22. The van der Waals surface area contributed by atoms with Gasteiger partial charge in [-0.25, -0.2) is 0 Å². The summed E-state index contributed by atoms with van der Waals surface area (Å²) in [5, 5.41) is 9.91. The molecule has 1 aromatic carbocycles. The molecule has 6 heteroatoms. The third-order valence-corrected chi connectivity index (χ3v) is 3.27. The van der Waals surface area contributed by atoms with Gasteiger partial charge < -0.3 is 11.1 Å². The maximum absolute atomic E-state index is 12.2. The fourth-order valence-electron chi connectivity index (χ4n) is 2.24. The molecule has 2 aromatic rings. The van der Waals surface area contributed by atoms with Crippen LogP contribution in [-0.2, 0) is 0 Å². The Morgan fingerprint density at radius 2 is 2.00 bits per heavy atom. The van der Waals surface area contributed by atoms with E-state index in [1.54, 1.807) is 6.07 Å². The van der Waals surface area contributed by atoms with E-state index in [2.05, 4.69) is 29.4 Å². The number of benzene rings is 1. The molecule has 1 atom stereocenters. The zero-order chi connectivity index (χ0) is 15.2. The third-order valence-electron chi connectivity index (χ3n) is 3.27. The maximum atomic E-state index is 12.2. The summed E-state index contributed by atoms with van der Waals surface area (Å²) in [6.45, 7) is 4.65. The monoisotopic (exact) mass is 322 g/mol. The number of aromatic amines is 1. The van der Waals surface area contributed by atoms with Crippen LogP contribution < -0.4 is 11.1 Å². The third kappa shape index (κ3) is 4.86. The summed E-state index contributed by atoms with van der Waals surface area (Å²) >= 11 is 0. The summed E-state index contributed by atoms with van der Waals surface area (Å²) in [5.41, 5.74) is 7.89. The normalized spacial score (nSPS) is 11.8. The molecule has 4 N–H and O–H groups in total. The lowest BCUT2D eigenvalue weighted by atomic mass is 10.0. The van der Waals surface area contributed by atoms with Crippen molar-refractivity contribution < 1.29 is 4.79 Å². The molecule has 0 aliphatic rings. The second-order valence-electron chi connectivity index (χ2n) is 5.57. The highest BCUT2D eigenvalue weighted by Gasteiger charge is 2.16. The molecular weight excluding hydrogens is 300 g/mol. The van der Waals surface area contributed by atoms with Crippen LogP contribution in [0.5, 0.6) is 0 Å². The van der Waals surface area contributed by atoms with E-state index in [4.69, 9.17) is 5.73 Å². The van der Waals surface area contributed by atoms with Gasteiger partial charge in [-0.15, -0.1) is 12.4 Å². The quantitative estimate of drug-likeness (QED) is 0.764. The van der Waals surface area contributed by atoms with Gasteiger partial charge in [-0.2, -0.15) is 5.10 Å². The largest absolute Gasteiger partial charge is 0.347 e. The van der Waals surface area contributed by atoms with E-state index in [9.17, 15) is 4.79 Å². The number of carbonyl (C=O) groups is 1. The molecule has 0 saturated carbocycles. The van der Waals surface area contributed by atoms with Gasteiger partial charge in [-0.3, -0.25) is 9.89 Å². The minimum Gasteiger partial charge on any atom is -0.347 e. The van der Waals surface area contributed by atoms with Crippen molar-refractivity contribution in [2.24, 2.45) is 11.7 Å². The lowest BCUT2D eigenvalue weighted by Crippen LogP contribution is -2.41. The Labute approximate surface area is 137 Å². The Bertz CT molecular complexity index is 583. The zero-order valence-corrected chi connectivity index (χ0v) is 13.7. The predicted octanol–water partition coefficient (Wildman–Crippen LogP) is 2.60. The van der Waals surface area contributed by atoms with Gasteiger partial charge in [0.1, 0.15) is 5.69 Å². The summed E-state index contributed by atoms with van der Waals surface area (Å²) in [6.07, 6.45) is 0.863. The average Bonchev–Trinajstić information content (AvgIpc) is 2.97. The molecule has 0 saturated heterocycles. The molecule has 0 fully saturated rings.